The van der Waals surface area contributed by atoms with Crippen molar-refractivity contribution in [2.45, 2.75) is 5.41 Å². The molecule has 0 saturated carbocycles. The highest BCUT2D eigenvalue weighted by molar-refractivity contribution is 5.98. The van der Waals surface area contributed by atoms with Gasteiger partial charge in [-0.1, -0.05) is 176 Å². The minimum atomic E-state index is -0.412. The summed E-state index contributed by atoms with van der Waals surface area (Å²) in [4.78, 5) is 2.43. The molecule has 11 rings (SSSR count). The predicted octanol–water partition coefficient (Wildman–Crippen LogP) is 14.0. The number of rotatable bonds is 5. The van der Waals surface area contributed by atoms with Crippen molar-refractivity contribution in [2.24, 2.45) is 0 Å². The van der Waals surface area contributed by atoms with E-state index in [2.05, 4.69) is 217 Å². The van der Waals surface area contributed by atoms with E-state index in [1.807, 2.05) is 0 Å². The van der Waals surface area contributed by atoms with E-state index in [-0.39, 0.29) is 0 Å². The molecule has 2 aliphatic carbocycles. The van der Waals surface area contributed by atoms with E-state index in [1.54, 1.807) is 0 Å². The molecule has 0 amide bonds. The zero-order chi connectivity index (χ0) is 35.6. The molecular formula is C53H35N. The van der Waals surface area contributed by atoms with Gasteiger partial charge >= 0.3 is 0 Å². The van der Waals surface area contributed by atoms with E-state index < -0.39 is 5.41 Å². The summed E-state index contributed by atoms with van der Waals surface area (Å²) < 4.78 is 0. The van der Waals surface area contributed by atoms with Crippen LogP contribution in [0.1, 0.15) is 22.3 Å². The fourth-order valence-electron chi connectivity index (χ4n) is 9.39. The molecule has 0 aromatic heterocycles. The van der Waals surface area contributed by atoms with Crippen LogP contribution >= 0.6 is 0 Å². The Morgan fingerprint density at radius 3 is 1.48 bits per heavy atom. The molecule has 0 aliphatic heterocycles. The van der Waals surface area contributed by atoms with Gasteiger partial charge in [0.05, 0.1) is 5.41 Å². The SMILES string of the molecule is c1ccc(-c2cccc(N(c3ccc(-c4cccc5ccccc45)cc3)c3ccc4c(c3)C3(c5ccccc5-c5ccccc53)c3ccccc3-4)c2)cc1. The van der Waals surface area contributed by atoms with Crippen LogP contribution in [0.3, 0.4) is 0 Å². The molecule has 252 valence electrons. The first kappa shape index (κ1) is 30.6. The number of fused-ring (bicyclic) bond motifs is 11. The van der Waals surface area contributed by atoms with Gasteiger partial charge in [0.25, 0.3) is 0 Å². The van der Waals surface area contributed by atoms with Crippen LogP contribution in [0.15, 0.2) is 212 Å². The van der Waals surface area contributed by atoms with Crippen LogP contribution in [-0.2, 0) is 5.41 Å². The van der Waals surface area contributed by atoms with Crippen molar-refractivity contribution in [1.29, 1.82) is 0 Å². The molecule has 1 spiro atoms. The van der Waals surface area contributed by atoms with Gasteiger partial charge < -0.3 is 4.90 Å². The van der Waals surface area contributed by atoms with E-state index in [9.17, 15) is 0 Å². The van der Waals surface area contributed by atoms with Crippen LogP contribution < -0.4 is 4.90 Å². The van der Waals surface area contributed by atoms with Crippen LogP contribution in [0.5, 0.6) is 0 Å². The molecule has 0 saturated heterocycles. The average molecular weight is 686 g/mol. The van der Waals surface area contributed by atoms with Gasteiger partial charge in [-0.05, 0) is 114 Å². The third-order valence-corrected chi connectivity index (χ3v) is 11.7. The zero-order valence-corrected chi connectivity index (χ0v) is 29.7. The smallest absolute Gasteiger partial charge is 0.0726 e. The molecule has 1 heteroatoms. The molecule has 0 atom stereocenters. The van der Waals surface area contributed by atoms with Gasteiger partial charge in [0, 0.05) is 17.1 Å². The van der Waals surface area contributed by atoms with Gasteiger partial charge in [0.1, 0.15) is 0 Å². The van der Waals surface area contributed by atoms with E-state index >= 15 is 0 Å². The first-order chi connectivity index (χ1) is 26.8. The highest BCUT2D eigenvalue weighted by Crippen LogP contribution is 2.63. The molecule has 9 aromatic rings. The molecule has 1 nitrogen and oxygen atoms in total. The van der Waals surface area contributed by atoms with Crippen LogP contribution in [0.25, 0.3) is 55.3 Å². The van der Waals surface area contributed by atoms with Gasteiger partial charge in [0.2, 0.25) is 0 Å². The Morgan fingerprint density at radius 1 is 0.278 bits per heavy atom. The lowest BCUT2D eigenvalue weighted by molar-refractivity contribution is 0.793. The highest BCUT2D eigenvalue weighted by atomic mass is 15.1. The molecule has 0 bridgehead atoms. The molecule has 0 radical (unpaired) electrons. The van der Waals surface area contributed by atoms with Crippen molar-refractivity contribution < 1.29 is 0 Å². The first-order valence-electron chi connectivity index (χ1n) is 18.8. The average Bonchev–Trinajstić information content (AvgIpc) is 3.71. The molecule has 2 aliphatic rings. The zero-order valence-electron chi connectivity index (χ0n) is 29.7. The number of hydrogen-bond acceptors (Lipinski definition) is 1. The predicted molar refractivity (Wildman–Crippen MR) is 226 cm³/mol. The van der Waals surface area contributed by atoms with Gasteiger partial charge in [-0.2, -0.15) is 0 Å². The molecule has 0 unspecified atom stereocenters. The molecule has 9 aromatic carbocycles. The second kappa shape index (κ2) is 12.0. The van der Waals surface area contributed by atoms with E-state index in [1.165, 1.54) is 77.5 Å². The molecule has 0 N–H and O–H groups in total. The maximum Gasteiger partial charge on any atom is 0.0726 e. The van der Waals surface area contributed by atoms with E-state index in [4.69, 9.17) is 0 Å². The lowest BCUT2D eigenvalue weighted by Crippen LogP contribution is -2.26. The monoisotopic (exact) mass is 685 g/mol. The third kappa shape index (κ3) is 4.45. The minimum Gasteiger partial charge on any atom is -0.310 e. The largest absolute Gasteiger partial charge is 0.310 e. The summed E-state index contributed by atoms with van der Waals surface area (Å²) >= 11 is 0. The van der Waals surface area contributed by atoms with Crippen LogP contribution in [-0.4, -0.2) is 0 Å². The Bertz CT molecular complexity index is 2810. The van der Waals surface area contributed by atoms with E-state index in [0.29, 0.717) is 0 Å². The maximum atomic E-state index is 2.47. The standard InChI is InChI=1S/C53H35N/c1-2-14-36(15-3-1)39-18-12-19-41(34-39)54(40-30-28-38(29-31-40)44-24-13-17-37-16-4-5-20-43(37)44)42-32-33-48-47-23-8-11-27-51(47)53(52(48)35-42)49-25-9-6-21-45(49)46-22-7-10-26-50(46)53/h1-35H. The Balaban J connectivity index is 1.13. The van der Waals surface area contributed by atoms with Crippen LogP contribution in [0, 0.1) is 0 Å². The first-order valence-corrected chi connectivity index (χ1v) is 18.8. The summed E-state index contributed by atoms with van der Waals surface area (Å²) in [6.07, 6.45) is 0. The summed E-state index contributed by atoms with van der Waals surface area (Å²) in [7, 11) is 0. The summed E-state index contributed by atoms with van der Waals surface area (Å²) in [6.45, 7) is 0. The Labute approximate surface area is 316 Å². The normalized spacial score (nSPS) is 13.0. The number of nitrogens with zero attached hydrogens (tertiary/aromatic N) is 1. The van der Waals surface area contributed by atoms with Crippen molar-refractivity contribution in [3.63, 3.8) is 0 Å². The summed E-state index contributed by atoms with van der Waals surface area (Å²) in [6, 6.07) is 78.2. The lowest BCUT2D eigenvalue weighted by Gasteiger charge is -2.32. The lowest BCUT2D eigenvalue weighted by atomic mass is 9.70. The molecule has 0 heterocycles. The van der Waals surface area contributed by atoms with Crippen molar-refractivity contribution in [3.05, 3.63) is 235 Å². The summed E-state index contributed by atoms with van der Waals surface area (Å²) in [5.41, 5.74) is 18.4. The number of anilines is 3. The molecular weight excluding hydrogens is 651 g/mol. The summed E-state index contributed by atoms with van der Waals surface area (Å²) in [5, 5.41) is 2.52. The second-order valence-electron chi connectivity index (χ2n) is 14.4. The minimum absolute atomic E-state index is 0.412. The Morgan fingerprint density at radius 2 is 0.778 bits per heavy atom. The highest BCUT2D eigenvalue weighted by Gasteiger charge is 2.51. The van der Waals surface area contributed by atoms with Gasteiger partial charge in [-0.15, -0.1) is 0 Å². The third-order valence-electron chi connectivity index (χ3n) is 11.7. The summed E-state index contributed by atoms with van der Waals surface area (Å²) in [5.74, 6) is 0. The number of benzene rings is 9. The second-order valence-corrected chi connectivity index (χ2v) is 14.4. The van der Waals surface area contributed by atoms with E-state index in [0.717, 1.165) is 17.1 Å². The van der Waals surface area contributed by atoms with Crippen molar-refractivity contribution >= 4 is 27.8 Å². The quantitative estimate of drug-likeness (QED) is 0.174. The maximum absolute atomic E-state index is 2.47. The van der Waals surface area contributed by atoms with Crippen LogP contribution in [0.4, 0.5) is 17.1 Å². The Hall–Kier alpha value is -6.96. The van der Waals surface area contributed by atoms with Crippen molar-refractivity contribution in [2.75, 3.05) is 4.90 Å². The van der Waals surface area contributed by atoms with Gasteiger partial charge in [0.15, 0.2) is 0 Å². The van der Waals surface area contributed by atoms with Crippen molar-refractivity contribution in [3.8, 4) is 44.5 Å². The molecule has 0 fully saturated rings. The van der Waals surface area contributed by atoms with Gasteiger partial charge in [-0.25, -0.2) is 0 Å². The molecule has 54 heavy (non-hydrogen) atoms. The topological polar surface area (TPSA) is 3.24 Å². The fraction of sp³-hybridized carbons (Fsp3) is 0.0189. The Kier molecular flexibility index (Phi) is 6.84. The van der Waals surface area contributed by atoms with Crippen LogP contribution in [0.2, 0.25) is 0 Å². The fourth-order valence-corrected chi connectivity index (χ4v) is 9.39. The number of hydrogen-bond donors (Lipinski definition) is 0. The van der Waals surface area contributed by atoms with Crippen molar-refractivity contribution in [1.82, 2.24) is 0 Å². The van der Waals surface area contributed by atoms with Gasteiger partial charge in [-0.3, -0.25) is 0 Å².